The van der Waals surface area contributed by atoms with Crippen LogP contribution >= 0.6 is 11.6 Å². The highest BCUT2D eigenvalue weighted by Crippen LogP contribution is 2.40. The number of hydrogen-bond donors (Lipinski definition) is 0. The molecule has 0 aliphatic heterocycles. The van der Waals surface area contributed by atoms with Gasteiger partial charge in [0.1, 0.15) is 10.7 Å². The van der Waals surface area contributed by atoms with Gasteiger partial charge in [-0.3, -0.25) is 10.1 Å². The van der Waals surface area contributed by atoms with Crippen molar-refractivity contribution in [1.82, 2.24) is 0 Å². The van der Waals surface area contributed by atoms with Crippen molar-refractivity contribution in [2.24, 2.45) is 4.99 Å². The number of carbonyl (C=O) groups excluding carboxylic acids is 1. The van der Waals surface area contributed by atoms with E-state index in [4.69, 9.17) is 11.6 Å². The first-order valence-electron chi connectivity index (χ1n) is 3.90. The van der Waals surface area contributed by atoms with E-state index in [9.17, 15) is 28.1 Å². The second-order valence-corrected chi connectivity index (χ2v) is 3.16. The number of benzene rings is 1. The van der Waals surface area contributed by atoms with E-state index in [1.165, 1.54) is 0 Å². The Morgan fingerprint density at radius 3 is 2.41 bits per heavy atom. The van der Waals surface area contributed by atoms with E-state index in [-0.39, 0.29) is 6.07 Å². The Hall–Kier alpha value is -1.92. The maximum Gasteiger partial charge on any atom is 0.416 e. The zero-order valence-electron chi connectivity index (χ0n) is 7.79. The van der Waals surface area contributed by atoms with E-state index < -0.39 is 33.1 Å². The standard InChI is InChI=1S/C8H2ClF3N2O3/c9-7-5(13-3-15)1-4(8(10,11)12)2-6(7)14(16)17/h1-2H. The Balaban J connectivity index is 3.58. The summed E-state index contributed by atoms with van der Waals surface area (Å²) in [6, 6.07) is 0.701. The molecule has 0 unspecified atom stereocenters. The molecule has 0 aliphatic rings. The van der Waals surface area contributed by atoms with Gasteiger partial charge >= 0.3 is 6.18 Å². The molecule has 0 spiro atoms. The Kier molecular flexibility index (Phi) is 3.50. The molecule has 0 aromatic heterocycles. The summed E-state index contributed by atoms with van der Waals surface area (Å²) in [5, 5.41) is 9.82. The van der Waals surface area contributed by atoms with Gasteiger partial charge in [0.15, 0.2) is 0 Å². The second kappa shape index (κ2) is 4.52. The van der Waals surface area contributed by atoms with Crippen molar-refractivity contribution < 1.29 is 22.9 Å². The molecule has 0 aliphatic carbocycles. The monoisotopic (exact) mass is 266 g/mol. The van der Waals surface area contributed by atoms with Gasteiger partial charge in [0, 0.05) is 6.07 Å². The van der Waals surface area contributed by atoms with Crippen molar-refractivity contribution in [3.05, 3.63) is 32.8 Å². The predicted octanol–water partition coefficient (Wildman–Crippen LogP) is 3.23. The van der Waals surface area contributed by atoms with Crippen LogP contribution in [0.5, 0.6) is 0 Å². The molecule has 0 amide bonds. The average Bonchev–Trinajstić information content (AvgIpc) is 2.19. The fourth-order valence-corrected chi connectivity index (χ4v) is 1.24. The maximum absolute atomic E-state index is 12.4. The minimum Gasteiger partial charge on any atom is -0.258 e. The van der Waals surface area contributed by atoms with Crippen molar-refractivity contribution in [3.63, 3.8) is 0 Å². The summed E-state index contributed by atoms with van der Waals surface area (Å²) < 4.78 is 37.1. The number of hydrogen-bond acceptors (Lipinski definition) is 4. The number of nitrogens with zero attached hydrogens (tertiary/aromatic N) is 2. The van der Waals surface area contributed by atoms with Gasteiger partial charge in [-0.1, -0.05) is 11.6 Å². The number of nitro groups is 1. The van der Waals surface area contributed by atoms with Crippen molar-refractivity contribution >= 4 is 29.1 Å². The molecular weight excluding hydrogens is 265 g/mol. The Morgan fingerprint density at radius 2 is 2.00 bits per heavy atom. The largest absolute Gasteiger partial charge is 0.416 e. The van der Waals surface area contributed by atoms with Crippen molar-refractivity contribution in [3.8, 4) is 0 Å². The number of alkyl halides is 3. The first kappa shape index (κ1) is 13.1. The van der Waals surface area contributed by atoms with Gasteiger partial charge in [0.2, 0.25) is 6.08 Å². The number of rotatable bonds is 2. The normalized spacial score (nSPS) is 10.8. The topological polar surface area (TPSA) is 72.6 Å². The number of nitro benzene ring substituents is 1. The van der Waals surface area contributed by atoms with Crippen LogP contribution < -0.4 is 0 Å². The molecular formula is C8H2ClF3N2O3. The van der Waals surface area contributed by atoms with Gasteiger partial charge in [-0.25, -0.2) is 4.79 Å². The van der Waals surface area contributed by atoms with E-state index in [0.29, 0.717) is 6.07 Å². The lowest BCUT2D eigenvalue weighted by molar-refractivity contribution is -0.384. The number of isocyanates is 1. The van der Waals surface area contributed by atoms with Crippen LogP contribution in [0, 0.1) is 10.1 Å². The Labute approximate surface area is 96.7 Å². The Bertz CT molecular complexity index is 500. The lowest BCUT2D eigenvalue weighted by Crippen LogP contribution is -2.05. The van der Waals surface area contributed by atoms with Gasteiger partial charge in [-0.2, -0.15) is 18.2 Å². The summed E-state index contributed by atoms with van der Waals surface area (Å²) in [7, 11) is 0. The molecule has 0 radical (unpaired) electrons. The van der Waals surface area contributed by atoms with Crippen LogP contribution in [0.3, 0.4) is 0 Å². The lowest BCUT2D eigenvalue weighted by atomic mass is 10.1. The fourth-order valence-electron chi connectivity index (χ4n) is 1.02. The molecule has 1 aromatic rings. The van der Waals surface area contributed by atoms with Gasteiger partial charge in [-0.05, 0) is 6.07 Å². The number of halogens is 4. The highest BCUT2D eigenvalue weighted by atomic mass is 35.5. The van der Waals surface area contributed by atoms with Crippen molar-refractivity contribution in [2.75, 3.05) is 0 Å². The maximum atomic E-state index is 12.4. The molecule has 1 aromatic carbocycles. The minimum atomic E-state index is -4.80. The number of aliphatic imine (C=N–C) groups is 1. The van der Waals surface area contributed by atoms with Gasteiger partial charge in [-0.15, -0.1) is 0 Å². The highest BCUT2D eigenvalue weighted by molar-refractivity contribution is 6.35. The quantitative estimate of drug-likeness (QED) is 0.357. The second-order valence-electron chi connectivity index (χ2n) is 2.79. The van der Waals surface area contributed by atoms with E-state index >= 15 is 0 Å². The van der Waals surface area contributed by atoms with Crippen molar-refractivity contribution in [1.29, 1.82) is 0 Å². The van der Waals surface area contributed by atoms with Gasteiger partial charge < -0.3 is 0 Å². The lowest BCUT2D eigenvalue weighted by Gasteiger charge is -2.07. The third-order valence-corrected chi connectivity index (χ3v) is 2.11. The summed E-state index contributed by atoms with van der Waals surface area (Å²) in [5.41, 5.74) is -2.94. The Morgan fingerprint density at radius 1 is 1.41 bits per heavy atom. The third-order valence-electron chi connectivity index (χ3n) is 1.72. The SMILES string of the molecule is O=C=Nc1cc(C(F)(F)F)cc([N+](=O)[O-])c1Cl. The van der Waals surface area contributed by atoms with Crippen molar-refractivity contribution in [2.45, 2.75) is 6.18 Å². The molecule has 9 heteroatoms. The van der Waals surface area contributed by atoms with E-state index in [1.54, 1.807) is 0 Å². The molecule has 0 fully saturated rings. The summed E-state index contributed by atoms with van der Waals surface area (Å²) >= 11 is 5.42. The van der Waals surface area contributed by atoms with Crippen LogP contribution in [0.4, 0.5) is 24.5 Å². The fraction of sp³-hybridized carbons (Fsp3) is 0.125. The van der Waals surface area contributed by atoms with Crippen LogP contribution in [0.25, 0.3) is 0 Å². The van der Waals surface area contributed by atoms with Crippen LogP contribution in [-0.4, -0.2) is 11.0 Å². The molecule has 0 saturated carbocycles. The third kappa shape index (κ3) is 2.80. The van der Waals surface area contributed by atoms with Gasteiger partial charge in [0.05, 0.1) is 10.5 Å². The first-order chi connectivity index (χ1) is 7.77. The smallest absolute Gasteiger partial charge is 0.258 e. The summed E-state index contributed by atoms with van der Waals surface area (Å²) in [5.74, 6) is 0. The van der Waals surface area contributed by atoms with Crippen LogP contribution in [0.1, 0.15) is 5.56 Å². The first-order valence-corrected chi connectivity index (χ1v) is 4.28. The predicted molar refractivity (Wildman–Crippen MR) is 50.9 cm³/mol. The summed E-state index contributed by atoms with van der Waals surface area (Å²) in [6.07, 6.45) is -3.83. The molecule has 0 atom stereocenters. The average molecular weight is 267 g/mol. The molecule has 5 nitrogen and oxygen atoms in total. The molecule has 1 rings (SSSR count). The summed E-state index contributed by atoms with van der Waals surface area (Å²) in [6.45, 7) is 0. The minimum absolute atomic E-state index is 0.270. The zero-order chi connectivity index (χ0) is 13.2. The summed E-state index contributed by atoms with van der Waals surface area (Å²) in [4.78, 5) is 22.2. The highest BCUT2D eigenvalue weighted by Gasteiger charge is 2.34. The molecule has 0 N–H and O–H groups in total. The van der Waals surface area contributed by atoms with E-state index in [1.807, 2.05) is 0 Å². The molecule has 90 valence electrons. The van der Waals surface area contributed by atoms with Crippen LogP contribution in [0.15, 0.2) is 17.1 Å². The zero-order valence-corrected chi connectivity index (χ0v) is 8.54. The van der Waals surface area contributed by atoms with Crippen LogP contribution in [0.2, 0.25) is 5.02 Å². The van der Waals surface area contributed by atoms with Crippen LogP contribution in [-0.2, 0) is 11.0 Å². The van der Waals surface area contributed by atoms with E-state index in [0.717, 1.165) is 6.08 Å². The molecule has 17 heavy (non-hydrogen) atoms. The molecule has 0 heterocycles. The molecule has 0 saturated heterocycles. The van der Waals surface area contributed by atoms with E-state index in [2.05, 4.69) is 4.99 Å². The van der Waals surface area contributed by atoms with Gasteiger partial charge in [0.25, 0.3) is 5.69 Å². The molecule has 0 bridgehead atoms.